The van der Waals surface area contributed by atoms with E-state index in [0.717, 1.165) is 38.8 Å². The molecule has 3 nitrogen and oxygen atoms in total. The third kappa shape index (κ3) is 4.60. The highest BCUT2D eigenvalue weighted by Crippen LogP contribution is 2.12. The lowest BCUT2D eigenvalue weighted by Crippen LogP contribution is -2.32. The standard InChI is InChI=1S/C10H22N2O/c1-3-11-5-6-12(2)8-10-4-7-13-9-10/h10-11H,3-9H2,1-2H3. The predicted molar refractivity (Wildman–Crippen MR) is 55.0 cm³/mol. The van der Waals surface area contributed by atoms with Crippen LogP contribution in [-0.4, -0.2) is 51.3 Å². The SMILES string of the molecule is CCNCCN(C)CC1CCOC1. The summed E-state index contributed by atoms with van der Waals surface area (Å²) in [7, 11) is 2.19. The van der Waals surface area contributed by atoms with Crippen molar-refractivity contribution in [2.75, 3.05) is 46.4 Å². The second-order valence-corrected chi connectivity index (χ2v) is 3.85. The third-order valence-electron chi connectivity index (χ3n) is 2.51. The van der Waals surface area contributed by atoms with Gasteiger partial charge in [0.25, 0.3) is 0 Å². The second-order valence-electron chi connectivity index (χ2n) is 3.85. The average Bonchev–Trinajstić information content (AvgIpc) is 2.57. The third-order valence-corrected chi connectivity index (χ3v) is 2.51. The van der Waals surface area contributed by atoms with E-state index in [9.17, 15) is 0 Å². The van der Waals surface area contributed by atoms with Gasteiger partial charge < -0.3 is 15.0 Å². The summed E-state index contributed by atoms with van der Waals surface area (Å²) in [6.45, 7) is 8.57. The Morgan fingerprint density at radius 3 is 3.00 bits per heavy atom. The fourth-order valence-corrected chi connectivity index (χ4v) is 1.71. The van der Waals surface area contributed by atoms with Gasteiger partial charge in [-0.3, -0.25) is 0 Å². The van der Waals surface area contributed by atoms with Crippen LogP contribution in [0.5, 0.6) is 0 Å². The summed E-state index contributed by atoms with van der Waals surface area (Å²) in [5, 5.41) is 3.33. The van der Waals surface area contributed by atoms with Gasteiger partial charge in [-0.15, -0.1) is 0 Å². The van der Waals surface area contributed by atoms with Crippen LogP contribution in [0.1, 0.15) is 13.3 Å². The summed E-state index contributed by atoms with van der Waals surface area (Å²) >= 11 is 0. The molecule has 0 saturated carbocycles. The smallest absolute Gasteiger partial charge is 0.0507 e. The molecule has 78 valence electrons. The molecule has 0 aromatic rings. The highest BCUT2D eigenvalue weighted by molar-refractivity contribution is 4.68. The maximum absolute atomic E-state index is 5.34. The fraction of sp³-hybridized carbons (Fsp3) is 1.00. The minimum atomic E-state index is 0.770. The molecule has 3 heteroatoms. The summed E-state index contributed by atoms with van der Waals surface area (Å²) < 4.78 is 5.34. The molecule has 0 aromatic heterocycles. The molecule has 0 spiro atoms. The zero-order valence-corrected chi connectivity index (χ0v) is 8.88. The van der Waals surface area contributed by atoms with Crippen LogP contribution in [0.3, 0.4) is 0 Å². The van der Waals surface area contributed by atoms with Crippen LogP contribution in [-0.2, 0) is 4.74 Å². The first kappa shape index (κ1) is 11.0. The lowest BCUT2D eigenvalue weighted by atomic mass is 10.1. The first-order chi connectivity index (χ1) is 6.33. The van der Waals surface area contributed by atoms with Crippen molar-refractivity contribution in [3.8, 4) is 0 Å². The summed E-state index contributed by atoms with van der Waals surface area (Å²) in [6.07, 6.45) is 1.24. The Hall–Kier alpha value is -0.120. The van der Waals surface area contributed by atoms with Gasteiger partial charge in [0.15, 0.2) is 0 Å². The molecule has 1 saturated heterocycles. The minimum Gasteiger partial charge on any atom is -0.381 e. The summed E-state index contributed by atoms with van der Waals surface area (Å²) in [5.74, 6) is 0.770. The van der Waals surface area contributed by atoms with E-state index in [1.54, 1.807) is 0 Å². The molecule has 1 rings (SSSR count). The molecule has 1 unspecified atom stereocenters. The highest BCUT2D eigenvalue weighted by atomic mass is 16.5. The highest BCUT2D eigenvalue weighted by Gasteiger charge is 2.16. The molecule has 1 aliphatic rings. The first-order valence-electron chi connectivity index (χ1n) is 5.30. The number of rotatable bonds is 6. The van der Waals surface area contributed by atoms with Crippen molar-refractivity contribution in [3.63, 3.8) is 0 Å². The molecule has 13 heavy (non-hydrogen) atoms. The molecular formula is C10H22N2O. The van der Waals surface area contributed by atoms with E-state index < -0.39 is 0 Å². The van der Waals surface area contributed by atoms with E-state index in [-0.39, 0.29) is 0 Å². The van der Waals surface area contributed by atoms with Gasteiger partial charge in [-0.25, -0.2) is 0 Å². The lowest BCUT2D eigenvalue weighted by molar-refractivity contribution is 0.174. The fourth-order valence-electron chi connectivity index (χ4n) is 1.71. The van der Waals surface area contributed by atoms with E-state index in [2.05, 4.69) is 24.2 Å². The van der Waals surface area contributed by atoms with Gasteiger partial charge in [0.2, 0.25) is 0 Å². The van der Waals surface area contributed by atoms with Crippen molar-refractivity contribution in [1.82, 2.24) is 10.2 Å². The van der Waals surface area contributed by atoms with E-state index >= 15 is 0 Å². The molecule has 0 amide bonds. The Kier molecular flexibility index (Phi) is 5.35. The van der Waals surface area contributed by atoms with Crippen molar-refractivity contribution in [1.29, 1.82) is 0 Å². The van der Waals surface area contributed by atoms with Gasteiger partial charge in [-0.1, -0.05) is 6.92 Å². The molecule has 1 N–H and O–H groups in total. The number of likely N-dealkylation sites (N-methyl/N-ethyl adjacent to an activating group) is 2. The van der Waals surface area contributed by atoms with Gasteiger partial charge in [0.05, 0.1) is 6.61 Å². The second kappa shape index (κ2) is 6.35. The van der Waals surface area contributed by atoms with Crippen LogP contribution in [0.2, 0.25) is 0 Å². The zero-order chi connectivity index (χ0) is 9.52. The van der Waals surface area contributed by atoms with Gasteiger partial charge in [-0.2, -0.15) is 0 Å². The van der Waals surface area contributed by atoms with Crippen LogP contribution in [0.15, 0.2) is 0 Å². The average molecular weight is 186 g/mol. The molecule has 0 aromatic carbocycles. The van der Waals surface area contributed by atoms with Crippen LogP contribution < -0.4 is 5.32 Å². The Balaban J connectivity index is 1.99. The maximum Gasteiger partial charge on any atom is 0.0507 e. The van der Waals surface area contributed by atoms with E-state index in [1.807, 2.05) is 0 Å². The molecule has 1 atom stereocenters. The van der Waals surface area contributed by atoms with Crippen molar-refractivity contribution in [2.24, 2.45) is 5.92 Å². The van der Waals surface area contributed by atoms with E-state index in [0.29, 0.717) is 0 Å². The maximum atomic E-state index is 5.34. The zero-order valence-electron chi connectivity index (χ0n) is 8.88. The van der Waals surface area contributed by atoms with Crippen LogP contribution in [0.4, 0.5) is 0 Å². The lowest BCUT2D eigenvalue weighted by Gasteiger charge is -2.19. The molecule has 0 bridgehead atoms. The number of hydrogen-bond donors (Lipinski definition) is 1. The van der Waals surface area contributed by atoms with Gasteiger partial charge in [-0.05, 0) is 25.9 Å². The molecule has 1 heterocycles. The topological polar surface area (TPSA) is 24.5 Å². The summed E-state index contributed by atoms with van der Waals surface area (Å²) in [6, 6.07) is 0. The van der Waals surface area contributed by atoms with Crippen LogP contribution in [0, 0.1) is 5.92 Å². The largest absolute Gasteiger partial charge is 0.381 e. The van der Waals surface area contributed by atoms with Crippen molar-refractivity contribution in [2.45, 2.75) is 13.3 Å². The molecular weight excluding hydrogens is 164 g/mol. The Morgan fingerprint density at radius 1 is 1.54 bits per heavy atom. The number of nitrogens with zero attached hydrogens (tertiary/aromatic N) is 1. The van der Waals surface area contributed by atoms with Gasteiger partial charge in [0.1, 0.15) is 0 Å². The Labute approximate surface area is 81.4 Å². The van der Waals surface area contributed by atoms with E-state index in [1.165, 1.54) is 13.0 Å². The van der Waals surface area contributed by atoms with Gasteiger partial charge >= 0.3 is 0 Å². The Morgan fingerprint density at radius 2 is 2.38 bits per heavy atom. The number of ether oxygens (including phenoxy) is 1. The van der Waals surface area contributed by atoms with E-state index in [4.69, 9.17) is 4.74 Å². The first-order valence-corrected chi connectivity index (χ1v) is 5.30. The molecule has 1 fully saturated rings. The minimum absolute atomic E-state index is 0.770. The van der Waals surface area contributed by atoms with Crippen molar-refractivity contribution < 1.29 is 4.74 Å². The van der Waals surface area contributed by atoms with Crippen LogP contribution >= 0.6 is 0 Å². The van der Waals surface area contributed by atoms with Crippen molar-refractivity contribution >= 4 is 0 Å². The number of hydrogen-bond acceptors (Lipinski definition) is 3. The monoisotopic (exact) mass is 186 g/mol. The summed E-state index contributed by atoms with van der Waals surface area (Å²) in [4.78, 5) is 2.39. The van der Waals surface area contributed by atoms with Crippen LogP contribution in [0.25, 0.3) is 0 Å². The Bertz CT molecular complexity index is 124. The predicted octanol–water partition coefficient (Wildman–Crippen LogP) is 0.564. The molecule has 0 radical (unpaired) electrons. The molecule has 0 aliphatic carbocycles. The number of nitrogens with one attached hydrogen (secondary N) is 1. The quantitative estimate of drug-likeness (QED) is 0.614. The van der Waals surface area contributed by atoms with Gasteiger partial charge in [0, 0.05) is 26.2 Å². The van der Waals surface area contributed by atoms with Crippen molar-refractivity contribution in [3.05, 3.63) is 0 Å². The summed E-state index contributed by atoms with van der Waals surface area (Å²) in [5.41, 5.74) is 0. The normalized spacial score (nSPS) is 22.8. The molecule has 1 aliphatic heterocycles.